The third-order valence-electron chi connectivity index (χ3n) is 2.93. The van der Waals surface area contributed by atoms with Crippen LogP contribution in [0.25, 0.3) is 0 Å². The van der Waals surface area contributed by atoms with Crippen LogP contribution in [0.3, 0.4) is 0 Å². The molecule has 0 bridgehead atoms. The van der Waals surface area contributed by atoms with Crippen molar-refractivity contribution in [2.24, 2.45) is 0 Å². The number of nitrogens with zero attached hydrogens (tertiary/aromatic N) is 1. The molecule has 0 aliphatic rings. The molecule has 0 radical (unpaired) electrons. The van der Waals surface area contributed by atoms with Gasteiger partial charge in [0, 0.05) is 25.3 Å². The van der Waals surface area contributed by atoms with Crippen LogP contribution >= 0.6 is 0 Å². The van der Waals surface area contributed by atoms with E-state index in [1.54, 1.807) is 12.1 Å². The van der Waals surface area contributed by atoms with E-state index in [0.29, 0.717) is 0 Å². The Bertz CT molecular complexity index is 651. The molecule has 0 aliphatic heterocycles. The van der Waals surface area contributed by atoms with E-state index in [2.05, 4.69) is 0 Å². The molecule has 0 aliphatic carbocycles. The summed E-state index contributed by atoms with van der Waals surface area (Å²) in [4.78, 5) is 13.9. The van der Waals surface area contributed by atoms with Crippen LogP contribution in [0, 0.1) is 17.5 Å². The van der Waals surface area contributed by atoms with E-state index in [9.17, 15) is 18.0 Å². The number of benzene rings is 2. The van der Waals surface area contributed by atoms with Gasteiger partial charge in [0.1, 0.15) is 0 Å². The number of carbonyl (C=O) groups excluding carboxylic acids is 1. The number of hydrogen-bond acceptors (Lipinski definition) is 2. The molecule has 0 unspecified atom stereocenters. The first kappa shape index (κ1) is 14.1. The highest BCUT2D eigenvalue weighted by molar-refractivity contribution is 6.09. The van der Waals surface area contributed by atoms with Gasteiger partial charge in [0.15, 0.2) is 23.2 Å². The first-order chi connectivity index (χ1) is 9.41. The largest absolute Gasteiger partial charge is 0.378 e. The first-order valence-electron chi connectivity index (χ1n) is 5.87. The van der Waals surface area contributed by atoms with Gasteiger partial charge in [-0.3, -0.25) is 4.79 Å². The SMILES string of the molecule is CN(C)c1ccc(C(=O)c2ccc(F)c(F)c2F)cc1. The molecule has 0 atom stereocenters. The van der Waals surface area contributed by atoms with Gasteiger partial charge in [-0.15, -0.1) is 0 Å². The van der Waals surface area contributed by atoms with Crippen molar-refractivity contribution in [3.63, 3.8) is 0 Å². The van der Waals surface area contributed by atoms with Crippen molar-refractivity contribution in [2.75, 3.05) is 19.0 Å². The molecule has 0 saturated heterocycles. The summed E-state index contributed by atoms with van der Waals surface area (Å²) in [5.74, 6) is -5.11. The van der Waals surface area contributed by atoms with Crippen LogP contribution in [-0.2, 0) is 0 Å². The summed E-state index contributed by atoms with van der Waals surface area (Å²) in [6.45, 7) is 0. The molecule has 0 heterocycles. The Hall–Kier alpha value is -2.30. The van der Waals surface area contributed by atoms with Gasteiger partial charge in [-0.2, -0.15) is 0 Å². The standard InChI is InChI=1S/C15H12F3NO/c1-19(2)10-5-3-9(4-6-10)15(20)11-7-8-12(16)14(18)13(11)17/h3-8H,1-2H3. The molecule has 2 nitrogen and oxygen atoms in total. The molecule has 0 N–H and O–H groups in total. The van der Waals surface area contributed by atoms with Crippen molar-refractivity contribution in [1.29, 1.82) is 0 Å². The summed E-state index contributed by atoms with van der Waals surface area (Å²) in [6.07, 6.45) is 0. The average molecular weight is 279 g/mol. The second kappa shape index (κ2) is 5.36. The highest BCUT2D eigenvalue weighted by Gasteiger charge is 2.19. The van der Waals surface area contributed by atoms with Crippen LogP contribution in [-0.4, -0.2) is 19.9 Å². The molecule has 0 fully saturated rings. The van der Waals surface area contributed by atoms with E-state index in [0.717, 1.165) is 17.8 Å². The molecule has 2 aromatic carbocycles. The second-order valence-electron chi connectivity index (χ2n) is 4.49. The van der Waals surface area contributed by atoms with Gasteiger partial charge in [-0.1, -0.05) is 0 Å². The van der Waals surface area contributed by atoms with Crippen molar-refractivity contribution < 1.29 is 18.0 Å². The molecule has 104 valence electrons. The molecule has 0 amide bonds. The zero-order valence-corrected chi connectivity index (χ0v) is 11.0. The van der Waals surface area contributed by atoms with E-state index in [-0.39, 0.29) is 5.56 Å². The quantitative estimate of drug-likeness (QED) is 0.634. The summed E-state index contributed by atoms with van der Waals surface area (Å²) in [5, 5.41) is 0. The molecule has 5 heteroatoms. The highest BCUT2D eigenvalue weighted by Crippen LogP contribution is 2.20. The van der Waals surface area contributed by atoms with E-state index < -0.39 is 28.8 Å². The van der Waals surface area contributed by atoms with Crippen molar-refractivity contribution in [3.8, 4) is 0 Å². The fraction of sp³-hybridized carbons (Fsp3) is 0.133. The first-order valence-corrected chi connectivity index (χ1v) is 5.87. The van der Waals surface area contributed by atoms with E-state index in [1.807, 2.05) is 19.0 Å². The van der Waals surface area contributed by atoms with Crippen molar-refractivity contribution >= 4 is 11.5 Å². The molecular weight excluding hydrogens is 267 g/mol. The summed E-state index contributed by atoms with van der Waals surface area (Å²) >= 11 is 0. The van der Waals surface area contributed by atoms with Gasteiger partial charge in [-0.25, -0.2) is 13.2 Å². The summed E-state index contributed by atoms with van der Waals surface area (Å²) in [6, 6.07) is 8.07. The highest BCUT2D eigenvalue weighted by atomic mass is 19.2. The summed E-state index contributed by atoms with van der Waals surface area (Å²) < 4.78 is 39.5. The Morgan fingerprint density at radius 2 is 1.50 bits per heavy atom. The fourth-order valence-electron chi connectivity index (χ4n) is 1.77. The van der Waals surface area contributed by atoms with Gasteiger partial charge >= 0.3 is 0 Å². The molecule has 2 rings (SSSR count). The zero-order chi connectivity index (χ0) is 14.9. The van der Waals surface area contributed by atoms with Gasteiger partial charge < -0.3 is 4.90 Å². The lowest BCUT2D eigenvalue weighted by molar-refractivity contribution is 0.103. The van der Waals surface area contributed by atoms with Crippen LogP contribution in [0.2, 0.25) is 0 Å². The molecular formula is C15H12F3NO. The minimum atomic E-state index is -1.64. The summed E-state index contributed by atoms with van der Waals surface area (Å²) in [7, 11) is 3.68. The fourth-order valence-corrected chi connectivity index (χ4v) is 1.77. The molecule has 0 spiro atoms. The maximum absolute atomic E-state index is 13.6. The van der Waals surface area contributed by atoms with Gasteiger partial charge in [0.25, 0.3) is 0 Å². The molecule has 0 aromatic heterocycles. The van der Waals surface area contributed by atoms with Gasteiger partial charge in [0.2, 0.25) is 0 Å². The smallest absolute Gasteiger partial charge is 0.196 e. The van der Waals surface area contributed by atoms with E-state index in [4.69, 9.17) is 0 Å². The lowest BCUT2D eigenvalue weighted by Gasteiger charge is -2.12. The van der Waals surface area contributed by atoms with Crippen LogP contribution in [0.15, 0.2) is 36.4 Å². The minimum absolute atomic E-state index is 0.209. The predicted molar refractivity (Wildman–Crippen MR) is 70.5 cm³/mol. The van der Waals surface area contributed by atoms with Crippen LogP contribution in [0.1, 0.15) is 15.9 Å². The lowest BCUT2D eigenvalue weighted by Crippen LogP contribution is -2.10. The predicted octanol–water partition coefficient (Wildman–Crippen LogP) is 3.40. The third-order valence-corrected chi connectivity index (χ3v) is 2.93. The van der Waals surface area contributed by atoms with Crippen LogP contribution in [0.4, 0.5) is 18.9 Å². The monoisotopic (exact) mass is 279 g/mol. The second-order valence-corrected chi connectivity index (χ2v) is 4.49. The van der Waals surface area contributed by atoms with Gasteiger partial charge in [-0.05, 0) is 36.4 Å². The third kappa shape index (κ3) is 2.52. The maximum Gasteiger partial charge on any atom is 0.196 e. The zero-order valence-electron chi connectivity index (χ0n) is 11.0. The van der Waals surface area contributed by atoms with Crippen LogP contribution < -0.4 is 4.90 Å². The number of halogens is 3. The Balaban J connectivity index is 2.39. The number of anilines is 1. The number of rotatable bonds is 3. The van der Waals surface area contributed by atoms with E-state index >= 15 is 0 Å². The van der Waals surface area contributed by atoms with Crippen LogP contribution in [0.5, 0.6) is 0 Å². The maximum atomic E-state index is 13.6. The average Bonchev–Trinajstić information content (AvgIpc) is 2.44. The van der Waals surface area contributed by atoms with E-state index in [1.165, 1.54) is 12.1 Å². The Kier molecular flexibility index (Phi) is 3.79. The molecule has 0 saturated carbocycles. The Morgan fingerprint density at radius 3 is 2.05 bits per heavy atom. The number of ketones is 1. The number of hydrogen-bond donors (Lipinski definition) is 0. The number of carbonyl (C=O) groups is 1. The Labute approximate surface area is 114 Å². The topological polar surface area (TPSA) is 20.3 Å². The minimum Gasteiger partial charge on any atom is -0.378 e. The lowest BCUT2D eigenvalue weighted by atomic mass is 10.0. The Morgan fingerprint density at radius 1 is 0.900 bits per heavy atom. The van der Waals surface area contributed by atoms with Crippen molar-refractivity contribution in [2.45, 2.75) is 0 Å². The normalized spacial score (nSPS) is 10.4. The van der Waals surface area contributed by atoms with Crippen molar-refractivity contribution in [3.05, 3.63) is 65.0 Å². The molecule has 20 heavy (non-hydrogen) atoms. The van der Waals surface area contributed by atoms with Crippen molar-refractivity contribution in [1.82, 2.24) is 0 Å². The molecule has 2 aromatic rings. The summed E-state index contributed by atoms with van der Waals surface area (Å²) in [5.41, 5.74) is 0.592. The van der Waals surface area contributed by atoms with Gasteiger partial charge in [0.05, 0.1) is 5.56 Å².